The number of esters is 1. The number of thiazole rings is 1. The summed E-state index contributed by atoms with van der Waals surface area (Å²) in [5, 5.41) is 12.1. The maximum atomic E-state index is 12.4. The standard InChI is InChI=1S/C17H11N7O3S2/c1-23-15(25)12-10(3-6-28-12)24-11(21-22-17(23)24)7-27-16(26)9-8-29-14(20-9)13-18-4-2-5-19-13/h2-6,8H,7H2,1H3. The van der Waals surface area contributed by atoms with Gasteiger partial charge in [-0.25, -0.2) is 19.7 Å². The number of aromatic nitrogens is 7. The monoisotopic (exact) mass is 425 g/mol. The second kappa shape index (κ2) is 6.83. The number of carbonyl (C=O) groups excluding carboxylic acids is 1. The summed E-state index contributed by atoms with van der Waals surface area (Å²) in [6, 6.07) is 3.52. The van der Waals surface area contributed by atoms with E-state index in [0.717, 1.165) is 0 Å². The van der Waals surface area contributed by atoms with Crippen LogP contribution in [0.5, 0.6) is 0 Å². The summed E-state index contributed by atoms with van der Waals surface area (Å²) in [4.78, 5) is 37.3. The van der Waals surface area contributed by atoms with Gasteiger partial charge >= 0.3 is 5.97 Å². The molecule has 10 nitrogen and oxygen atoms in total. The first kappa shape index (κ1) is 17.6. The van der Waals surface area contributed by atoms with Gasteiger partial charge in [-0.15, -0.1) is 32.9 Å². The summed E-state index contributed by atoms with van der Waals surface area (Å²) in [7, 11) is 1.63. The van der Waals surface area contributed by atoms with Crippen molar-refractivity contribution in [3.8, 4) is 10.8 Å². The molecule has 0 N–H and O–H groups in total. The topological polar surface area (TPSA) is 117 Å². The number of aryl methyl sites for hydroxylation is 1. The van der Waals surface area contributed by atoms with Crippen LogP contribution >= 0.6 is 22.7 Å². The summed E-state index contributed by atoms with van der Waals surface area (Å²) in [6.07, 6.45) is 3.22. The Morgan fingerprint density at radius 2 is 2.03 bits per heavy atom. The lowest BCUT2D eigenvalue weighted by atomic mass is 10.4. The lowest BCUT2D eigenvalue weighted by molar-refractivity contribution is 0.0455. The molecular formula is C17H11N7O3S2. The molecule has 0 aromatic carbocycles. The van der Waals surface area contributed by atoms with Crippen LogP contribution in [0.3, 0.4) is 0 Å². The third-order valence-electron chi connectivity index (χ3n) is 4.20. The Hall–Kier alpha value is -3.51. The number of hydrogen-bond donors (Lipinski definition) is 0. The van der Waals surface area contributed by atoms with E-state index in [2.05, 4.69) is 25.1 Å². The van der Waals surface area contributed by atoms with Crippen molar-refractivity contribution in [3.63, 3.8) is 0 Å². The molecule has 0 amide bonds. The Morgan fingerprint density at radius 3 is 2.86 bits per heavy atom. The van der Waals surface area contributed by atoms with Gasteiger partial charge in [-0.2, -0.15) is 0 Å². The summed E-state index contributed by atoms with van der Waals surface area (Å²) >= 11 is 2.60. The first-order chi connectivity index (χ1) is 14.1. The molecule has 5 aromatic rings. The molecular weight excluding hydrogens is 414 g/mol. The molecule has 0 fully saturated rings. The van der Waals surface area contributed by atoms with Crippen LogP contribution in [0.1, 0.15) is 16.3 Å². The fourth-order valence-corrected chi connectivity index (χ4v) is 4.42. The fourth-order valence-electron chi connectivity index (χ4n) is 2.83. The minimum atomic E-state index is -0.591. The van der Waals surface area contributed by atoms with Crippen LogP contribution in [0.2, 0.25) is 0 Å². The Balaban J connectivity index is 1.42. The molecule has 5 aromatic heterocycles. The number of hydrogen-bond acceptors (Lipinski definition) is 10. The Bertz CT molecular complexity index is 1420. The Labute approximate surface area is 170 Å². The molecule has 144 valence electrons. The van der Waals surface area contributed by atoms with E-state index in [1.165, 1.54) is 27.2 Å². The molecule has 5 rings (SSSR count). The zero-order valence-electron chi connectivity index (χ0n) is 14.8. The van der Waals surface area contributed by atoms with Crippen LogP contribution in [0.15, 0.2) is 40.1 Å². The van der Waals surface area contributed by atoms with Crippen molar-refractivity contribution >= 4 is 44.6 Å². The van der Waals surface area contributed by atoms with Gasteiger partial charge in [0.15, 0.2) is 29.0 Å². The maximum absolute atomic E-state index is 12.4. The van der Waals surface area contributed by atoms with Gasteiger partial charge in [0.05, 0.1) is 5.52 Å². The van der Waals surface area contributed by atoms with Crippen molar-refractivity contribution in [2.75, 3.05) is 0 Å². The zero-order valence-corrected chi connectivity index (χ0v) is 16.5. The highest BCUT2D eigenvalue weighted by Gasteiger charge is 2.19. The molecule has 0 spiro atoms. The molecule has 0 atom stereocenters. The normalized spacial score (nSPS) is 11.3. The molecule has 0 saturated heterocycles. The number of rotatable bonds is 4. The van der Waals surface area contributed by atoms with E-state index in [1.807, 2.05) is 11.4 Å². The third kappa shape index (κ3) is 2.89. The van der Waals surface area contributed by atoms with E-state index in [4.69, 9.17) is 4.74 Å². The Kier molecular flexibility index (Phi) is 4.14. The van der Waals surface area contributed by atoms with Gasteiger partial charge in [0.1, 0.15) is 4.70 Å². The smallest absolute Gasteiger partial charge is 0.358 e. The maximum Gasteiger partial charge on any atom is 0.358 e. The van der Waals surface area contributed by atoms with Gasteiger partial charge in [0.25, 0.3) is 5.56 Å². The van der Waals surface area contributed by atoms with Crippen LogP contribution in [0.25, 0.3) is 26.8 Å². The van der Waals surface area contributed by atoms with Crippen LogP contribution < -0.4 is 5.56 Å². The van der Waals surface area contributed by atoms with E-state index in [-0.39, 0.29) is 17.9 Å². The summed E-state index contributed by atoms with van der Waals surface area (Å²) in [5.74, 6) is 0.644. The number of nitrogens with zero attached hydrogens (tertiary/aromatic N) is 7. The van der Waals surface area contributed by atoms with Gasteiger partial charge in [0.2, 0.25) is 5.78 Å². The van der Waals surface area contributed by atoms with E-state index in [9.17, 15) is 9.59 Å². The van der Waals surface area contributed by atoms with Crippen molar-refractivity contribution in [1.82, 2.24) is 34.1 Å². The van der Waals surface area contributed by atoms with Crippen molar-refractivity contribution in [2.45, 2.75) is 6.61 Å². The van der Waals surface area contributed by atoms with Crippen LogP contribution in [-0.2, 0) is 18.4 Å². The SMILES string of the molecule is Cn1c(=O)c2sccc2n2c(COC(=O)c3csc(-c4ncccn4)n3)nnc12. The Morgan fingerprint density at radius 1 is 1.21 bits per heavy atom. The predicted octanol–water partition coefficient (Wildman–Crippen LogP) is 1.91. The second-order valence-corrected chi connectivity index (χ2v) is 7.71. The predicted molar refractivity (Wildman–Crippen MR) is 106 cm³/mol. The fraction of sp³-hybridized carbons (Fsp3) is 0.118. The number of carbonyl (C=O) groups is 1. The van der Waals surface area contributed by atoms with Crippen LogP contribution in [0.4, 0.5) is 0 Å². The quantitative estimate of drug-likeness (QED) is 0.401. The van der Waals surface area contributed by atoms with Gasteiger partial charge in [-0.05, 0) is 17.5 Å². The summed E-state index contributed by atoms with van der Waals surface area (Å²) in [5.41, 5.74) is 0.706. The average molecular weight is 425 g/mol. The lowest BCUT2D eigenvalue weighted by Crippen LogP contribution is -2.19. The number of thiophene rings is 1. The number of fused-ring (bicyclic) bond motifs is 3. The van der Waals surface area contributed by atoms with Crippen molar-refractivity contribution < 1.29 is 9.53 Å². The molecule has 12 heteroatoms. The highest BCUT2D eigenvalue weighted by Crippen LogP contribution is 2.21. The van der Waals surface area contributed by atoms with Crippen molar-refractivity contribution in [3.05, 3.63) is 57.2 Å². The minimum Gasteiger partial charge on any atom is -0.453 e. The summed E-state index contributed by atoms with van der Waals surface area (Å²) in [6.45, 7) is -0.113. The second-order valence-electron chi connectivity index (χ2n) is 5.94. The first-order valence-corrected chi connectivity index (χ1v) is 10.1. The van der Waals surface area contributed by atoms with Crippen LogP contribution in [-0.4, -0.2) is 40.1 Å². The van der Waals surface area contributed by atoms with E-state index in [0.29, 0.717) is 32.7 Å². The van der Waals surface area contributed by atoms with Gasteiger partial charge in [0, 0.05) is 24.8 Å². The average Bonchev–Trinajstić information content (AvgIpc) is 3.49. The van der Waals surface area contributed by atoms with Crippen LogP contribution in [0, 0.1) is 0 Å². The molecule has 0 aliphatic rings. The molecule has 0 saturated carbocycles. The zero-order chi connectivity index (χ0) is 20.0. The van der Waals surface area contributed by atoms with Crippen molar-refractivity contribution in [1.29, 1.82) is 0 Å². The van der Waals surface area contributed by atoms with Gasteiger partial charge in [-0.3, -0.25) is 13.8 Å². The molecule has 0 unspecified atom stereocenters. The molecule has 0 bridgehead atoms. The van der Waals surface area contributed by atoms with E-state index >= 15 is 0 Å². The van der Waals surface area contributed by atoms with Crippen molar-refractivity contribution in [2.24, 2.45) is 7.05 Å². The van der Waals surface area contributed by atoms with Gasteiger partial charge < -0.3 is 4.74 Å². The van der Waals surface area contributed by atoms with E-state index in [1.54, 1.807) is 35.3 Å². The highest BCUT2D eigenvalue weighted by atomic mass is 32.1. The largest absolute Gasteiger partial charge is 0.453 e. The minimum absolute atomic E-state index is 0.113. The van der Waals surface area contributed by atoms with E-state index < -0.39 is 5.97 Å². The molecule has 0 radical (unpaired) electrons. The summed E-state index contributed by atoms with van der Waals surface area (Å²) < 4.78 is 9.10. The molecule has 0 aliphatic heterocycles. The molecule has 0 aliphatic carbocycles. The highest BCUT2D eigenvalue weighted by molar-refractivity contribution is 7.17. The lowest BCUT2D eigenvalue weighted by Gasteiger charge is -2.05. The number of ether oxygens (including phenoxy) is 1. The van der Waals surface area contributed by atoms with Gasteiger partial charge in [-0.1, -0.05) is 0 Å². The third-order valence-corrected chi connectivity index (χ3v) is 5.93. The molecule has 5 heterocycles. The molecule has 29 heavy (non-hydrogen) atoms. The first-order valence-electron chi connectivity index (χ1n) is 8.33.